The van der Waals surface area contributed by atoms with Gasteiger partial charge in [-0.05, 0) is 12.1 Å². The van der Waals surface area contributed by atoms with Gasteiger partial charge in [0.2, 0.25) is 5.91 Å². The maximum Gasteiger partial charge on any atom is 0.356 e. The van der Waals surface area contributed by atoms with Crippen LogP contribution in [0.15, 0.2) is 29.6 Å². The van der Waals surface area contributed by atoms with E-state index in [1.807, 2.05) is 0 Å². The van der Waals surface area contributed by atoms with E-state index in [4.69, 9.17) is 39.9 Å². The number of halogens is 3. The summed E-state index contributed by atoms with van der Waals surface area (Å²) in [4.78, 5) is 30.5. The van der Waals surface area contributed by atoms with Crippen molar-refractivity contribution in [3.63, 3.8) is 0 Å². The van der Waals surface area contributed by atoms with Crippen LogP contribution in [0.25, 0.3) is 0 Å². The Bertz CT molecular complexity index is 753. The Hall–Kier alpha value is -1.54. The van der Waals surface area contributed by atoms with Gasteiger partial charge in [0.15, 0.2) is 10.9 Å². The van der Waals surface area contributed by atoms with Crippen LogP contribution in [-0.4, -0.2) is 32.7 Å². The third-order valence-electron chi connectivity index (χ3n) is 2.48. The van der Waals surface area contributed by atoms with Crippen LogP contribution >= 0.6 is 46.6 Å². The number of benzene rings is 1. The van der Waals surface area contributed by atoms with Crippen LogP contribution in [0.5, 0.6) is 0 Å². The van der Waals surface area contributed by atoms with Crippen LogP contribution in [0.3, 0.4) is 0 Å². The van der Waals surface area contributed by atoms with Crippen LogP contribution in [-0.2, 0) is 4.79 Å². The summed E-state index contributed by atoms with van der Waals surface area (Å²) in [6.45, 7) is 0. The number of carboxylic acids is 1. The monoisotopic (exact) mass is 391 g/mol. The van der Waals surface area contributed by atoms with Gasteiger partial charge < -0.3 is 10.4 Å². The van der Waals surface area contributed by atoms with Gasteiger partial charge in [-0.15, -0.1) is 0 Å². The average Bonchev–Trinajstić information content (AvgIpc) is 2.50. The SMILES string of the molecule is O=C(CSc1ncc(Cl)c(C(=O)O)n1)Nc1c(Cl)cccc1Cl. The summed E-state index contributed by atoms with van der Waals surface area (Å²) < 4.78 is 0. The van der Waals surface area contributed by atoms with Gasteiger partial charge in [-0.1, -0.05) is 52.6 Å². The number of hydrogen-bond donors (Lipinski definition) is 2. The van der Waals surface area contributed by atoms with Crippen LogP contribution in [0.1, 0.15) is 10.5 Å². The molecule has 23 heavy (non-hydrogen) atoms. The number of rotatable bonds is 5. The van der Waals surface area contributed by atoms with Crippen molar-refractivity contribution in [2.24, 2.45) is 0 Å². The summed E-state index contributed by atoms with van der Waals surface area (Å²) in [5.74, 6) is -1.71. The molecule has 0 bridgehead atoms. The van der Waals surface area contributed by atoms with E-state index in [1.165, 1.54) is 6.20 Å². The Morgan fingerprint density at radius 2 is 1.83 bits per heavy atom. The first-order valence-electron chi connectivity index (χ1n) is 6.01. The molecule has 2 N–H and O–H groups in total. The minimum absolute atomic E-state index is 0.0533. The van der Waals surface area contributed by atoms with Crippen LogP contribution in [0.2, 0.25) is 15.1 Å². The second kappa shape index (κ2) is 7.83. The number of carbonyl (C=O) groups excluding carboxylic acids is 1. The predicted octanol–water partition coefficient (Wildman–Crippen LogP) is 3.87. The van der Waals surface area contributed by atoms with E-state index >= 15 is 0 Å². The first kappa shape index (κ1) is 17.8. The number of aromatic carboxylic acids is 1. The maximum absolute atomic E-state index is 11.9. The van der Waals surface area contributed by atoms with Gasteiger partial charge in [-0.2, -0.15) is 0 Å². The van der Waals surface area contributed by atoms with E-state index in [-0.39, 0.29) is 27.5 Å². The van der Waals surface area contributed by atoms with E-state index in [0.717, 1.165) is 11.8 Å². The molecule has 2 aromatic rings. The maximum atomic E-state index is 11.9. The molecule has 0 unspecified atom stereocenters. The Morgan fingerprint density at radius 3 is 2.43 bits per heavy atom. The van der Waals surface area contributed by atoms with E-state index in [2.05, 4.69) is 15.3 Å². The van der Waals surface area contributed by atoms with Crippen molar-refractivity contribution in [3.8, 4) is 0 Å². The largest absolute Gasteiger partial charge is 0.476 e. The molecule has 1 heterocycles. The topological polar surface area (TPSA) is 92.2 Å². The fourth-order valence-corrected chi connectivity index (χ4v) is 2.77. The highest BCUT2D eigenvalue weighted by molar-refractivity contribution is 7.99. The number of nitrogens with one attached hydrogen (secondary N) is 1. The minimum Gasteiger partial charge on any atom is -0.476 e. The molecule has 0 aliphatic heterocycles. The van der Waals surface area contributed by atoms with Gasteiger partial charge >= 0.3 is 5.97 Å². The summed E-state index contributed by atoms with van der Waals surface area (Å²) in [5.41, 5.74) is -0.0107. The molecule has 2 rings (SSSR count). The second-order valence-corrected chi connectivity index (χ2v) is 6.25. The Kier molecular flexibility index (Phi) is 6.06. The average molecular weight is 393 g/mol. The fourth-order valence-electron chi connectivity index (χ4n) is 1.49. The molecular weight excluding hydrogens is 385 g/mol. The van der Waals surface area contributed by atoms with Crippen LogP contribution in [0, 0.1) is 0 Å². The highest BCUT2D eigenvalue weighted by atomic mass is 35.5. The summed E-state index contributed by atoms with van der Waals surface area (Å²) in [7, 11) is 0. The highest BCUT2D eigenvalue weighted by Gasteiger charge is 2.15. The van der Waals surface area contributed by atoms with E-state index in [0.29, 0.717) is 15.7 Å². The van der Waals surface area contributed by atoms with Crippen molar-refractivity contribution in [2.75, 3.05) is 11.1 Å². The lowest BCUT2D eigenvalue weighted by Gasteiger charge is -2.08. The van der Waals surface area contributed by atoms with Crippen molar-refractivity contribution >= 4 is 64.1 Å². The van der Waals surface area contributed by atoms with Gasteiger partial charge in [0.1, 0.15) is 0 Å². The van der Waals surface area contributed by atoms with E-state index < -0.39 is 5.97 Å². The zero-order chi connectivity index (χ0) is 17.0. The van der Waals surface area contributed by atoms with Gasteiger partial charge in [-0.3, -0.25) is 4.79 Å². The normalized spacial score (nSPS) is 10.4. The van der Waals surface area contributed by atoms with Crippen molar-refractivity contribution in [1.82, 2.24) is 9.97 Å². The van der Waals surface area contributed by atoms with E-state index in [9.17, 15) is 9.59 Å². The predicted molar refractivity (Wildman–Crippen MR) is 89.8 cm³/mol. The molecule has 0 aliphatic carbocycles. The second-order valence-electron chi connectivity index (χ2n) is 4.09. The van der Waals surface area contributed by atoms with Crippen molar-refractivity contribution in [3.05, 3.63) is 45.2 Å². The summed E-state index contributed by atoms with van der Waals surface area (Å²) >= 11 is 18.5. The van der Waals surface area contributed by atoms with Gasteiger partial charge in [0.25, 0.3) is 0 Å². The number of aromatic nitrogens is 2. The number of carbonyl (C=O) groups is 2. The zero-order valence-electron chi connectivity index (χ0n) is 11.2. The van der Waals surface area contributed by atoms with Crippen molar-refractivity contribution in [2.45, 2.75) is 5.16 Å². The number of para-hydroxylation sites is 1. The lowest BCUT2D eigenvalue weighted by atomic mass is 10.3. The van der Waals surface area contributed by atoms with Crippen molar-refractivity contribution in [1.29, 1.82) is 0 Å². The number of carboxylic acid groups (broad SMARTS) is 1. The number of thioether (sulfide) groups is 1. The molecule has 6 nitrogen and oxygen atoms in total. The molecule has 0 saturated carbocycles. The van der Waals surface area contributed by atoms with Crippen LogP contribution < -0.4 is 5.32 Å². The molecule has 120 valence electrons. The Labute approximate surface area is 150 Å². The van der Waals surface area contributed by atoms with Crippen LogP contribution in [0.4, 0.5) is 5.69 Å². The molecular formula is C13H8Cl3N3O3S. The molecule has 1 aromatic carbocycles. The summed E-state index contributed by atoms with van der Waals surface area (Å²) in [6.07, 6.45) is 1.17. The molecule has 1 aromatic heterocycles. The standard InChI is InChI=1S/C13H8Cl3N3O3S/c14-6-2-1-3-7(15)10(6)18-9(20)5-23-13-17-4-8(16)11(19-13)12(21)22/h1-4H,5H2,(H,18,20)(H,21,22). The molecule has 0 radical (unpaired) electrons. The lowest BCUT2D eigenvalue weighted by Crippen LogP contribution is -2.15. The number of anilines is 1. The third-order valence-corrected chi connectivity index (χ3v) is 4.25. The Balaban J connectivity index is 2.02. The molecule has 0 atom stereocenters. The molecule has 0 fully saturated rings. The number of hydrogen-bond acceptors (Lipinski definition) is 5. The minimum atomic E-state index is -1.27. The van der Waals surface area contributed by atoms with Gasteiger partial charge in [-0.25, -0.2) is 14.8 Å². The summed E-state index contributed by atoms with van der Waals surface area (Å²) in [6, 6.07) is 4.85. The fraction of sp³-hybridized carbons (Fsp3) is 0.0769. The number of nitrogens with zero attached hydrogens (tertiary/aromatic N) is 2. The third kappa shape index (κ3) is 4.71. The van der Waals surface area contributed by atoms with Crippen molar-refractivity contribution < 1.29 is 14.7 Å². The Morgan fingerprint density at radius 1 is 1.17 bits per heavy atom. The summed E-state index contributed by atoms with van der Waals surface area (Å²) in [5, 5.41) is 12.2. The smallest absolute Gasteiger partial charge is 0.356 e. The molecule has 1 amide bonds. The lowest BCUT2D eigenvalue weighted by molar-refractivity contribution is -0.113. The molecule has 0 aliphatic rings. The van der Waals surface area contributed by atoms with E-state index in [1.54, 1.807) is 18.2 Å². The van der Waals surface area contributed by atoms with Gasteiger partial charge in [0.05, 0.1) is 32.7 Å². The zero-order valence-corrected chi connectivity index (χ0v) is 14.3. The quantitative estimate of drug-likeness (QED) is 0.593. The molecule has 10 heteroatoms. The number of amides is 1. The highest BCUT2D eigenvalue weighted by Crippen LogP contribution is 2.30. The molecule has 0 saturated heterocycles. The molecule has 0 spiro atoms. The first-order valence-corrected chi connectivity index (χ1v) is 8.13. The first-order chi connectivity index (χ1) is 10.9. The van der Waals surface area contributed by atoms with Gasteiger partial charge in [0, 0.05) is 0 Å².